The quantitative estimate of drug-likeness (QED) is 0.589. The van der Waals surface area contributed by atoms with Crippen LogP contribution in [0.3, 0.4) is 0 Å². The molecule has 0 aliphatic heterocycles. The fraction of sp³-hybridized carbons (Fsp3) is 0.136. The maximum atomic E-state index is 13.4. The lowest BCUT2D eigenvalue weighted by Gasteiger charge is -2.25. The van der Waals surface area contributed by atoms with Gasteiger partial charge in [0.2, 0.25) is 0 Å². The van der Waals surface area contributed by atoms with Crippen molar-refractivity contribution in [1.29, 1.82) is 0 Å². The molecule has 3 aromatic rings. The third-order valence-corrected chi connectivity index (χ3v) is 6.09. The molecule has 0 saturated heterocycles. The van der Waals surface area contributed by atoms with E-state index in [2.05, 4.69) is 0 Å². The number of carbonyl (C=O) groups is 1. The van der Waals surface area contributed by atoms with Gasteiger partial charge < -0.3 is 0 Å². The highest BCUT2D eigenvalue weighted by atomic mass is 32.2. The number of hydrogen-bond acceptors (Lipinski definition) is 3. The number of rotatable bonds is 6. The first-order chi connectivity index (χ1) is 12.9. The zero-order valence-electron chi connectivity index (χ0n) is 15.3. The first-order valence-corrected chi connectivity index (χ1v) is 10.1. The molecule has 0 aliphatic carbocycles. The molecular weight excluding hydrogens is 358 g/mol. The van der Waals surface area contributed by atoms with E-state index < -0.39 is 10.0 Å². The first kappa shape index (κ1) is 18.9. The van der Waals surface area contributed by atoms with Crippen LogP contribution in [0.15, 0.2) is 83.8 Å². The minimum absolute atomic E-state index is 0.103. The van der Waals surface area contributed by atoms with Gasteiger partial charge in [0.15, 0.2) is 5.78 Å². The van der Waals surface area contributed by atoms with Crippen molar-refractivity contribution in [2.45, 2.75) is 25.3 Å². The number of Topliss-reactive ketones (excluding diaryl/α,β-unsaturated/α-hetero) is 1. The number of ketones is 1. The second-order valence-electron chi connectivity index (χ2n) is 6.42. The van der Waals surface area contributed by atoms with Crippen LogP contribution in [-0.2, 0) is 16.6 Å². The Kier molecular flexibility index (Phi) is 5.42. The molecule has 5 heteroatoms. The lowest BCUT2D eigenvalue weighted by molar-refractivity contribution is 0.101. The Balaban J connectivity index is 2.09. The number of anilines is 1. The van der Waals surface area contributed by atoms with Crippen molar-refractivity contribution >= 4 is 21.5 Å². The van der Waals surface area contributed by atoms with E-state index in [1.807, 2.05) is 49.4 Å². The highest BCUT2D eigenvalue weighted by Crippen LogP contribution is 2.27. The molecule has 3 rings (SSSR count). The van der Waals surface area contributed by atoms with Crippen molar-refractivity contribution < 1.29 is 13.2 Å². The summed E-state index contributed by atoms with van der Waals surface area (Å²) in [6.07, 6.45) is 0. The van der Waals surface area contributed by atoms with Crippen molar-refractivity contribution in [2.75, 3.05) is 4.31 Å². The zero-order chi connectivity index (χ0) is 19.4. The zero-order valence-corrected chi connectivity index (χ0v) is 16.1. The van der Waals surface area contributed by atoms with Gasteiger partial charge in [-0.05, 0) is 43.7 Å². The smallest absolute Gasteiger partial charge is 0.264 e. The second-order valence-corrected chi connectivity index (χ2v) is 8.28. The van der Waals surface area contributed by atoms with Gasteiger partial charge in [0.1, 0.15) is 0 Å². The minimum atomic E-state index is -3.84. The highest BCUT2D eigenvalue weighted by Gasteiger charge is 2.25. The average Bonchev–Trinajstić information content (AvgIpc) is 2.68. The summed E-state index contributed by atoms with van der Waals surface area (Å²) in [5.74, 6) is -0.169. The van der Waals surface area contributed by atoms with Gasteiger partial charge in [0, 0.05) is 5.56 Å². The van der Waals surface area contributed by atoms with Gasteiger partial charge in [0.05, 0.1) is 17.1 Å². The molecule has 0 unspecified atom stereocenters. The van der Waals surface area contributed by atoms with Crippen molar-refractivity contribution in [2.24, 2.45) is 0 Å². The van der Waals surface area contributed by atoms with E-state index in [9.17, 15) is 13.2 Å². The van der Waals surface area contributed by atoms with E-state index in [0.29, 0.717) is 11.3 Å². The number of aryl methyl sites for hydroxylation is 1. The summed E-state index contributed by atoms with van der Waals surface area (Å²) in [6.45, 7) is 3.58. The predicted molar refractivity (Wildman–Crippen MR) is 107 cm³/mol. The van der Waals surface area contributed by atoms with Crippen molar-refractivity contribution in [3.8, 4) is 0 Å². The van der Waals surface area contributed by atoms with Gasteiger partial charge in [-0.3, -0.25) is 9.10 Å². The van der Waals surface area contributed by atoms with E-state index in [1.54, 1.807) is 24.3 Å². The van der Waals surface area contributed by atoms with Crippen LogP contribution >= 0.6 is 0 Å². The Morgan fingerprint density at radius 1 is 0.889 bits per heavy atom. The molecule has 0 N–H and O–H groups in total. The fourth-order valence-electron chi connectivity index (χ4n) is 2.78. The Bertz CT molecular complexity index is 1040. The van der Waals surface area contributed by atoms with Crippen LogP contribution in [0.2, 0.25) is 0 Å². The molecule has 0 heterocycles. The molecule has 0 aliphatic rings. The maximum absolute atomic E-state index is 13.4. The minimum Gasteiger partial charge on any atom is -0.295 e. The second kappa shape index (κ2) is 7.76. The van der Waals surface area contributed by atoms with Crippen LogP contribution in [0.25, 0.3) is 0 Å². The standard InChI is InChI=1S/C22H21NO3S/c1-17-11-13-21(14-12-17)23(16-19-7-4-3-5-8-19)27(25,26)22-10-6-9-20(15-22)18(2)24/h3-15H,16H2,1-2H3. The predicted octanol–water partition coefficient (Wildman–Crippen LogP) is 4.59. The van der Waals surface area contributed by atoms with Gasteiger partial charge >= 0.3 is 0 Å². The molecule has 0 saturated carbocycles. The van der Waals surface area contributed by atoms with Gasteiger partial charge in [-0.2, -0.15) is 0 Å². The van der Waals surface area contributed by atoms with E-state index in [-0.39, 0.29) is 17.2 Å². The Labute approximate surface area is 160 Å². The summed E-state index contributed by atoms with van der Waals surface area (Å²) in [7, 11) is -3.84. The van der Waals surface area contributed by atoms with E-state index in [1.165, 1.54) is 23.4 Å². The molecule has 138 valence electrons. The molecule has 3 aromatic carbocycles. The first-order valence-electron chi connectivity index (χ1n) is 8.62. The van der Waals surface area contributed by atoms with Gasteiger partial charge in [-0.1, -0.05) is 60.2 Å². The largest absolute Gasteiger partial charge is 0.295 e. The molecule has 0 fully saturated rings. The molecule has 4 nitrogen and oxygen atoms in total. The lowest BCUT2D eigenvalue weighted by Crippen LogP contribution is -2.30. The third kappa shape index (κ3) is 4.26. The van der Waals surface area contributed by atoms with Crippen molar-refractivity contribution in [1.82, 2.24) is 0 Å². The molecule has 27 heavy (non-hydrogen) atoms. The summed E-state index contributed by atoms with van der Waals surface area (Å²) < 4.78 is 28.2. The fourth-order valence-corrected chi connectivity index (χ4v) is 4.28. The molecule has 0 bridgehead atoms. The Morgan fingerprint density at radius 3 is 2.19 bits per heavy atom. The molecule has 0 radical (unpaired) electrons. The molecule has 0 aromatic heterocycles. The van der Waals surface area contributed by atoms with E-state index >= 15 is 0 Å². The number of carbonyl (C=O) groups excluding carboxylic acids is 1. The number of sulfonamides is 1. The number of hydrogen-bond donors (Lipinski definition) is 0. The van der Waals surface area contributed by atoms with Crippen LogP contribution in [0.4, 0.5) is 5.69 Å². The molecular formula is C22H21NO3S. The van der Waals surface area contributed by atoms with Crippen molar-refractivity contribution in [3.05, 3.63) is 95.6 Å². The molecule has 0 spiro atoms. The summed E-state index contributed by atoms with van der Waals surface area (Å²) in [5.41, 5.74) is 2.89. The summed E-state index contributed by atoms with van der Waals surface area (Å²) in [5, 5.41) is 0. The average molecular weight is 379 g/mol. The molecule has 0 atom stereocenters. The topological polar surface area (TPSA) is 54.5 Å². The number of benzene rings is 3. The summed E-state index contributed by atoms with van der Waals surface area (Å²) in [4.78, 5) is 11.8. The van der Waals surface area contributed by atoms with Crippen molar-refractivity contribution in [3.63, 3.8) is 0 Å². The van der Waals surface area contributed by atoms with E-state index in [0.717, 1.165) is 11.1 Å². The van der Waals surface area contributed by atoms with Gasteiger partial charge in [-0.25, -0.2) is 8.42 Å². The Hall–Kier alpha value is -2.92. The molecule has 0 amide bonds. The van der Waals surface area contributed by atoms with Crippen LogP contribution < -0.4 is 4.31 Å². The SMILES string of the molecule is CC(=O)c1cccc(S(=O)(=O)N(Cc2ccccc2)c2ccc(C)cc2)c1. The summed E-state index contributed by atoms with van der Waals surface area (Å²) in [6, 6.07) is 23.0. The van der Waals surface area contributed by atoms with Crippen LogP contribution in [-0.4, -0.2) is 14.2 Å². The van der Waals surface area contributed by atoms with Crippen LogP contribution in [0, 0.1) is 6.92 Å². The maximum Gasteiger partial charge on any atom is 0.264 e. The van der Waals surface area contributed by atoms with Crippen LogP contribution in [0.5, 0.6) is 0 Å². The van der Waals surface area contributed by atoms with Gasteiger partial charge in [0.25, 0.3) is 10.0 Å². The monoisotopic (exact) mass is 379 g/mol. The normalized spacial score (nSPS) is 11.2. The van der Waals surface area contributed by atoms with Crippen LogP contribution in [0.1, 0.15) is 28.4 Å². The lowest BCUT2D eigenvalue weighted by atomic mass is 10.2. The number of nitrogens with zero attached hydrogens (tertiary/aromatic N) is 1. The Morgan fingerprint density at radius 2 is 1.56 bits per heavy atom. The summed E-state index contributed by atoms with van der Waals surface area (Å²) >= 11 is 0. The van der Waals surface area contributed by atoms with Gasteiger partial charge in [-0.15, -0.1) is 0 Å². The third-order valence-electron chi connectivity index (χ3n) is 4.32. The van der Waals surface area contributed by atoms with E-state index in [4.69, 9.17) is 0 Å². The highest BCUT2D eigenvalue weighted by molar-refractivity contribution is 7.92.